The number of hydrogen-bond acceptors (Lipinski definition) is 2. The van der Waals surface area contributed by atoms with Crippen molar-refractivity contribution in [2.45, 2.75) is 34.3 Å². The van der Waals surface area contributed by atoms with Gasteiger partial charge in [-0.05, 0) is 49.9 Å². The van der Waals surface area contributed by atoms with Crippen LogP contribution in [0.5, 0.6) is 0 Å². The van der Waals surface area contributed by atoms with E-state index in [4.69, 9.17) is 0 Å². The first-order chi connectivity index (χ1) is 6.49. The van der Waals surface area contributed by atoms with Gasteiger partial charge in [0.25, 0.3) is 0 Å². The van der Waals surface area contributed by atoms with Crippen LogP contribution in [0.3, 0.4) is 0 Å². The maximum absolute atomic E-state index is 11.4. The van der Waals surface area contributed by atoms with E-state index in [0.29, 0.717) is 0 Å². The number of aryl methyl sites for hydroxylation is 2. The topological polar surface area (TPSA) is 37.3 Å². The molecular weight excluding hydrogens is 176 g/mol. The summed E-state index contributed by atoms with van der Waals surface area (Å²) in [5.74, 6) is 0.0645. The van der Waals surface area contributed by atoms with Gasteiger partial charge < -0.3 is 5.11 Å². The lowest BCUT2D eigenvalue weighted by Gasteiger charge is -2.13. The van der Waals surface area contributed by atoms with E-state index in [1.165, 1.54) is 0 Å². The zero-order chi connectivity index (χ0) is 10.9. The van der Waals surface area contributed by atoms with Crippen LogP contribution in [0, 0.1) is 20.8 Å². The van der Waals surface area contributed by atoms with E-state index < -0.39 is 0 Å². The highest BCUT2D eigenvalue weighted by molar-refractivity contribution is 5.97. The van der Waals surface area contributed by atoms with Gasteiger partial charge in [0.2, 0.25) is 0 Å². The van der Waals surface area contributed by atoms with Gasteiger partial charge in [-0.3, -0.25) is 4.79 Å². The van der Waals surface area contributed by atoms with Gasteiger partial charge in [0.15, 0.2) is 5.78 Å². The van der Waals surface area contributed by atoms with Gasteiger partial charge in [-0.1, -0.05) is 6.07 Å². The van der Waals surface area contributed by atoms with Crippen molar-refractivity contribution in [1.82, 2.24) is 0 Å². The highest BCUT2D eigenvalue weighted by Gasteiger charge is 2.12. The molecule has 0 heterocycles. The van der Waals surface area contributed by atoms with Gasteiger partial charge in [-0.2, -0.15) is 0 Å². The third-order valence-corrected chi connectivity index (χ3v) is 2.64. The van der Waals surface area contributed by atoms with Crippen molar-refractivity contribution in [2.24, 2.45) is 0 Å². The minimum absolute atomic E-state index is 0.00176. The number of aliphatic hydroxyl groups excluding tert-OH is 1. The van der Waals surface area contributed by atoms with E-state index in [2.05, 4.69) is 0 Å². The van der Waals surface area contributed by atoms with Crippen LogP contribution >= 0.6 is 0 Å². The summed E-state index contributed by atoms with van der Waals surface area (Å²) >= 11 is 0. The molecule has 0 fully saturated rings. The number of benzene rings is 1. The van der Waals surface area contributed by atoms with Crippen LogP contribution in [0.2, 0.25) is 0 Å². The number of aliphatic hydroxyl groups is 1. The second kappa shape index (κ2) is 3.93. The number of Topliss-reactive ketones (excluding diaryl/α,β-unsaturated/α-hetero) is 1. The predicted molar refractivity (Wildman–Crippen MR) is 56.6 cm³/mol. The molecular formula is C12H16O2. The van der Waals surface area contributed by atoms with Crippen LogP contribution in [0.15, 0.2) is 6.07 Å². The van der Waals surface area contributed by atoms with Gasteiger partial charge in [0.1, 0.15) is 0 Å². The Kier molecular flexibility index (Phi) is 3.06. The predicted octanol–water partition coefficient (Wildman–Crippen LogP) is 2.31. The molecule has 1 rings (SSSR count). The molecule has 1 aromatic carbocycles. The minimum atomic E-state index is -0.00176. The minimum Gasteiger partial charge on any atom is -0.392 e. The summed E-state index contributed by atoms with van der Waals surface area (Å²) in [6.07, 6.45) is 0. The van der Waals surface area contributed by atoms with Gasteiger partial charge >= 0.3 is 0 Å². The molecule has 0 aliphatic rings. The lowest BCUT2D eigenvalue weighted by atomic mass is 9.92. The normalized spacial score (nSPS) is 10.4. The summed E-state index contributed by atoms with van der Waals surface area (Å²) in [4.78, 5) is 11.4. The van der Waals surface area contributed by atoms with Gasteiger partial charge in [0.05, 0.1) is 6.61 Å². The Morgan fingerprint density at radius 2 is 1.86 bits per heavy atom. The molecule has 2 nitrogen and oxygen atoms in total. The number of rotatable bonds is 2. The number of carbonyl (C=O) groups is 1. The Hall–Kier alpha value is -1.15. The fraction of sp³-hybridized carbons (Fsp3) is 0.417. The first-order valence-electron chi connectivity index (χ1n) is 4.70. The lowest BCUT2D eigenvalue weighted by molar-refractivity contribution is 0.101. The molecule has 1 aromatic rings. The lowest BCUT2D eigenvalue weighted by Crippen LogP contribution is -2.05. The van der Waals surface area contributed by atoms with Crippen LogP contribution in [-0.2, 0) is 6.61 Å². The zero-order valence-electron chi connectivity index (χ0n) is 9.14. The van der Waals surface area contributed by atoms with Crippen LogP contribution in [0.4, 0.5) is 0 Å². The third-order valence-electron chi connectivity index (χ3n) is 2.64. The van der Waals surface area contributed by atoms with E-state index in [1.807, 2.05) is 26.8 Å². The Morgan fingerprint density at radius 1 is 1.29 bits per heavy atom. The summed E-state index contributed by atoms with van der Waals surface area (Å²) in [7, 11) is 0. The SMILES string of the molecule is CC(=O)c1c(C)cc(C)c(CO)c1C. The van der Waals surface area contributed by atoms with Gasteiger partial charge in [-0.15, -0.1) is 0 Å². The fourth-order valence-corrected chi connectivity index (χ4v) is 2.01. The molecule has 2 heteroatoms. The fourth-order valence-electron chi connectivity index (χ4n) is 2.01. The summed E-state index contributed by atoms with van der Waals surface area (Å²) in [5.41, 5.74) is 4.58. The van der Waals surface area contributed by atoms with E-state index in [-0.39, 0.29) is 12.4 Å². The molecule has 0 aliphatic carbocycles. The van der Waals surface area contributed by atoms with Crippen molar-refractivity contribution >= 4 is 5.78 Å². The average Bonchev–Trinajstić information content (AvgIpc) is 2.02. The average molecular weight is 192 g/mol. The molecule has 0 radical (unpaired) electrons. The van der Waals surface area contributed by atoms with Crippen LogP contribution in [0.25, 0.3) is 0 Å². The largest absolute Gasteiger partial charge is 0.392 e. The second-order valence-electron chi connectivity index (χ2n) is 3.70. The Balaban J connectivity index is 3.52. The van der Waals surface area contributed by atoms with E-state index in [0.717, 1.165) is 27.8 Å². The molecule has 0 saturated carbocycles. The standard InChI is InChI=1S/C12H16O2/c1-7-5-8(2)12(10(4)14)9(3)11(7)6-13/h5,13H,6H2,1-4H3. The van der Waals surface area contributed by atoms with Crippen molar-refractivity contribution in [1.29, 1.82) is 0 Å². The molecule has 0 aromatic heterocycles. The highest BCUT2D eigenvalue weighted by atomic mass is 16.3. The summed E-state index contributed by atoms with van der Waals surface area (Å²) in [5, 5.41) is 9.19. The van der Waals surface area contributed by atoms with Crippen LogP contribution in [-0.4, -0.2) is 10.9 Å². The summed E-state index contributed by atoms with van der Waals surface area (Å²) in [6.45, 7) is 7.33. The second-order valence-corrected chi connectivity index (χ2v) is 3.70. The maximum Gasteiger partial charge on any atom is 0.160 e. The third kappa shape index (κ3) is 1.70. The molecule has 14 heavy (non-hydrogen) atoms. The summed E-state index contributed by atoms with van der Waals surface area (Å²) in [6, 6.07) is 1.95. The number of hydrogen-bond donors (Lipinski definition) is 1. The Morgan fingerprint density at radius 3 is 2.29 bits per heavy atom. The Labute approximate surface area is 84.6 Å². The first-order valence-corrected chi connectivity index (χ1v) is 4.70. The monoisotopic (exact) mass is 192 g/mol. The number of ketones is 1. The van der Waals surface area contributed by atoms with E-state index in [1.54, 1.807) is 6.92 Å². The molecule has 76 valence electrons. The van der Waals surface area contributed by atoms with Crippen molar-refractivity contribution in [2.75, 3.05) is 0 Å². The van der Waals surface area contributed by atoms with Crippen molar-refractivity contribution < 1.29 is 9.90 Å². The molecule has 0 unspecified atom stereocenters. The molecule has 0 saturated heterocycles. The van der Waals surface area contributed by atoms with Crippen molar-refractivity contribution in [3.05, 3.63) is 33.9 Å². The van der Waals surface area contributed by atoms with Crippen molar-refractivity contribution in [3.8, 4) is 0 Å². The molecule has 0 spiro atoms. The van der Waals surface area contributed by atoms with E-state index in [9.17, 15) is 9.90 Å². The molecule has 0 amide bonds. The zero-order valence-corrected chi connectivity index (χ0v) is 9.14. The van der Waals surface area contributed by atoms with Crippen LogP contribution in [0.1, 0.15) is 39.5 Å². The van der Waals surface area contributed by atoms with Gasteiger partial charge in [-0.25, -0.2) is 0 Å². The van der Waals surface area contributed by atoms with Crippen LogP contribution < -0.4 is 0 Å². The quantitative estimate of drug-likeness (QED) is 0.730. The van der Waals surface area contributed by atoms with E-state index >= 15 is 0 Å². The van der Waals surface area contributed by atoms with Gasteiger partial charge in [0, 0.05) is 5.56 Å². The molecule has 1 N–H and O–H groups in total. The summed E-state index contributed by atoms with van der Waals surface area (Å²) < 4.78 is 0. The maximum atomic E-state index is 11.4. The Bertz CT molecular complexity index is 378. The van der Waals surface area contributed by atoms with Crippen molar-refractivity contribution in [3.63, 3.8) is 0 Å². The smallest absolute Gasteiger partial charge is 0.160 e. The molecule has 0 aliphatic heterocycles. The number of carbonyl (C=O) groups excluding carboxylic acids is 1. The molecule has 0 bridgehead atoms. The highest BCUT2D eigenvalue weighted by Crippen LogP contribution is 2.22. The molecule has 0 atom stereocenters. The first kappa shape index (κ1) is 10.9.